The van der Waals surface area contributed by atoms with Gasteiger partial charge in [0.2, 0.25) is 0 Å². The van der Waals surface area contributed by atoms with E-state index in [9.17, 15) is 0 Å². The number of hydrogen-bond donors (Lipinski definition) is 1. The number of benzene rings is 1. The molecule has 0 saturated carbocycles. The zero-order valence-electron chi connectivity index (χ0n) is 12.8. The number of nitrogens with one attached hydrogen (secondary N) is 1. The van der Waals surface area contributed by atoms with Gasteiger partial charge in [-0.25, -0.2) is 0 Å². The molecular weight excluding hydrogens is 252 g/mol. The lowest BCUT2D eigenvalue weighted by atomic mass is 10.1. The molecular formula is C16H28N2S. The molecule has 0 amide bonds. The summed E-state index contributed by atoms with van der Waals surface area (Å²) in [5, 5.41) is 3.45. The molecule has 2 nitrogen and oxygen atoms in total. The Morgan fingerprint density at radius 2 is 1.79 bits per heavy atom. The van der Waals surface area contributed by atoms with Crippen molar-refractivity contribution in [3.8, 4) is 0 Å². The minimum atomic E-state index is 0.573. The van der Waals surface area contributed by atoms with Crippen LogP contribution in [0.25, 0.3) is 0 Å². The van der Waals surface area contributed by atoms with Crippen LogP contribution >= 0.6 is 11.8 Å². The molecule has 0 heterocycles. The first-order valence-corrected chi connectivity index (χ1v) is 8.50. The summed E-state index contributed by atoms with van der Waals surface area (Å²) in [5.74, 6) is 1.20. The first-order valence-electron chi connectivity index (χ1n) is 7.10. The zero-order chi connectivity index (χ0) is 14.1. The molecule has 0 saturated heterocycles. The topological polar surface area (TPSA) is 15.3 Å². The van der Waals surface area contributed by atoms with Gasteiger partial charge in [0.05, 0.1) is 0 Å². The van der Waals surface area contributed by atoms with Gasteiger partial charge in [-0.3, -0.25) is 0 Å². The Morgan fingerprint density at radius 1 is 1.16 bits per heavy atom. The average molecular weight is 280 g/mol. The van der Waals surface area contributed by atoms with Gasteiger partial charge in [0.15, 0.2) is 0 Å². The van der Waals surface area contributed by atoms with E-state index in [-0.39, 0.29) is 0 Å². The van der Waals surface area contributed by atoms with Crippen molar-refractivity contribution in [2.45, 2.75) is 32.9 Å². The van der Waals surface area contributed by atoms with Gasteiger partial charge < -0.3 is 10.2 Å². The van der Waals surface area contributed by atoms with Crippen LogP contribution in [0.2, 0.25) is 0 Å². The van der Waals surface area contributed by atoms with Gasteiger partial charge in [0.1, 0.15) is 0 Å². The van der Waals surface area contributed by atoms with Crippen molar-refractivity contribution in [3.05, 3.63) is 35.4 Å². The quantitative estimate of drug-likeness (QED) is 0.748. The predicted molar refractivity (Wildman–Crippen MR) is 88.0 cm³/mol. The molecule has 3 heteroatoms. The number of rotatable bonds is 9. The van der Waals surface area contributed by atoms with Gasteiger partial charge in [-0.2, -0.15) is 11.8 Å². The highest BCUT2D eigenvalue weighted by Gasteiger charge is 2.00. The maximum Gasteiger partial charge on any atom is 0.0231 e. The SMILES string of the molecule is CSCCN(C)Cc1ccc(CCNC(C)C)cc1. The standard InChI is InChI=1S/C16H28N2S/c1-14(2)17-10-9-15-5-7-16(8-6-15)13-18(3)11-12-19-4/h5-8,14,17H,9-13H2,1-4H3. The summed E-state index contributed by atoms with van der Waals surface area (Å²) in [7, 11) is 2.19. The van der Waals surface area contributed by atoms with Crippen LogP contribution in [0.4, 0.5) is 0 Å². The molecule has 0 atom stereocenters. The summed E-state index contributed by atoms with van der Waals surface area (Å²) in [5.41, 5.74) is 2.83. The van der Waals surface area contributed by atoms with Gasteiger partial charge in [0.25, 0.3) is 0 Å². The van der Waals surface area contributed by atoms with Crippen molar-refractivity contribution in [2.75, 3.05) is 32.1 Å². The monoisotopic (exact) mass is 280 g/mol. The molecule has 19 heavy (non-hydrogen) atoms. The molecule has 1 N–H and O–H groups in total. The van der Waals surface area contributed by atoms with E-state index in [2.05, 4.69) is 61.6 Å². The van der Waals surface area contributed by atoms with E-state index in [1.165, 1.54) is 16.9 Å². The minimum Gasteiger partial charge on any atom is -0.314 e. The molecule has 1 rings (SSSR count). The molecule has 0 spiro atoms. The molecule has 0 aromatic heterocycles. The highest BCUT2D eigenvalue weighted by Crippen LogP contribution is 2.08. The molecule has 108 valence electrons. The smallest absolute Gasteiger partial charge is 0.0231 e. The lowest BCUT2D eigenvalue weighted by Crippen LogP contribution is -2.25. The highest BCUT2D eigenvalue weighted by atomic mass is 32.2. The molecule has 0 unspecified atom stereocenters. The summed E-state index contributed by atoms with van der Waals surface area (Å²) in [6.07, 6.45) is 3.27. The normalized spacial score (nSPS) is 11.5. The Bertz CT molecular complexity index is 335. The minimum absolute atomic E-state index is 0.573. The van der Waals surface area contributed by atoms with Crippen molar-refractivity contribution in [1.82, 2.24) is 10.2 Å². The van der Waals surface area contributed by atoms with Crippen LogP contribution in [-0.2, 0) is 13.0 Å². The second-order valence-electron chi connectivity index (χ2n) is 5.41. The second kappa shape index (κ2) is 9.40. The highest BCUT2D eigenvalue weighted by molar-refractivity contribution is 7.98. The van der Waals surface area contributed by atoms with Gasteiger partial charge in [-0.1, -0.05) is 38.1 Å². The van der Waals surface area contributed by atoms with Gasteiger partial charge in [-0.15, -0.1) is 0 Å². The lowest BCUT2D eigenvalue weighted by Gasteiger charge is -2.16. The van der Waals surface area contributed by atoms with E-state index in [1.54, 1.807) is 0 Å². The first kappa shape index (κ1) is 16.5. The Labute approximate surface area is 123 Å². The molecule has 0 aliphatic heterocycles. The number of hydrogen-bond acceptors (Lipinski definition) is 3. The fraction of sp³-hybridized carbons (Fsp3) is 0.625. The van der Waals surface area contributed by atoms with Crippen LogP contribution in [-0.4, -0.2) is 43.1 Å². The van der Waals surface area contributed by atoms with E-state index in [0.717, 1.165) is 26.1 Å². The molecule has 0 fully saturated rings. The number of thioether (sulfide) groups is 1. The summed E-state index contributed by atoms with van der Waals surface area (Å²) < 4.78 is 0. The third-order valence-electron chi connectivity index (χ3n) is 3.12. The van der Waals surface area contributed by atoms with E-state index in [0.29, 0.717) is 6.04 Å². The molecule has 1 aromatic carbocycles. The van der Waals surface area contributed by atoms with Gasteiger partial charge in [0, 0.05) is 24.9 Å². The van der Waals surface area contributed by atoms with Gasteiger partial charge >= 0.3 is 0 Å². The fourth-order valence-corrected chi connectivity index (χ4v) is 2.45. The Balaban J connectivity index is 2.34. The van der Waals surface area contributed by atoms with Crippen molar-refractivity contribution < 1.29 is 0 Å². The van der Waals surface area contributed by atoms with Crippen molar-refractivity contribution >= 4 is 11.8 Å². The summed E-state index contributed by atoms with van der Waals surface area (Å²) in [6.45, 7) is 7.64. The maximum atomic E-state index is 3.45. The van der Waals surface area contributed by atoms with Crippen molar-refractivity contribution in [2.24, 2.45) is 0 Å². The van der Waals surface area contributed by atoms with Crippen LogP contribution in [0.15, 0.2) is 24.3 Å². The van der Waals surface area contributed by atoms with Crippen LogP contribution in [0.3, 0.4) is 0 Å². The van der Waals surface area contributed by atoms with E-state index >= 15 is 0 Å². The third-order valence-corrected chi connectivity index (χ3v) is 3.71. The molecule has 0 aliphatic carbocycles. The Morgan fingerprint density at radius 3 is 2.37 bits per heavy atom. The Hall–Kier alpha value is -0.510. The molecule has 0 bridgehead atoms. The summed E-state index contributed by atoms with van der Waals surface area (Å²) in [4.78, 5) is 2.38. The lowest BCUT2D eigenvalue weighted by molar-refractivity contribution is 0.349. The zero-order valence-corrected chi connectivity index (χ0v) is 13.6. The first-order chi connectivity index (χ1) is 9.11. The van der Waals surface area contributed by atoms with Gasteiger partial charge in [-0.05, 0) is 37.4 Å². The van der Waals surface area contributed by atoms with Crippen LogP contribution in [0.1, 0.15) is 25.0 Å². The third kappa shape index (κ3) is 7.61. The second-order valence-corrected chi connectivity index (χ2v) is 6.39. The predicted octanol–water partition coefficient (Wildman–Crippen LogP) is 3.02. The number of nitrogens with zero attached hydrogens (tertiary/aromatic N) is 1. The van der Waals surface area contributed by atoms with Crippen molar-refractivity contribution in [1.29, 1.82) is 0 Å². The van der Waals surface area contributed by atoms with Crippen LogP contribution in [0, 0.1) is 0 Å². The van der Waals surface area contributed by atoms with Crippen LogP contribution in [0.5, 0.6) is 0 Å². The van der Waals surface area contributed by atoms with Crippen LogP contribution < -0.4 is 5.32 Å². The Kier molecular flexibility index (Phi) is 8.19. The largest absolute Gasteiger partial charge is 0.314 e. The van der Waals surface area contributed by atoms with E-state index < -0.39 is 0 Å². The molecule has 1 aromatic rings. The van der Waals surface area contributed by atoms with E-state index in [4.69, 9.17) is 0 Å². The fourth-order valence-electron chi connectivity index (χ4n) is 1.95. The molecule has 0 aliphatic rings. The summed E-state index contributed by atoms with van der Waals surface area (Å²) in [6, 6.07) is 9.63. The average Bonchev–Trinajstić information content (AvgIpc) is 2.38. The molecule has 0 radical (unpaired) electrons. The van der Waals surface area contributed by atoms with E-state index in [1.807, 2.05) is 11.8 Å². The van der Waals surface area contributed by atoms with Crippen molar-refractivity contribution in [3.63, 3.8) is 0 Å². The summed E-state index contributed by atoms with van der Waals surface area (Å²) >= 11 is 1.91. The maximum absolute atomic E-state index is 3.45.